The predicted octanol–water partition coefficient (Wildman–Crippen LogP) is 4.96. The van der Waals surface area contributed by atoms with E-state index >= 15 is 0 Å². The van der Waals surface area contributed by atoms with Crippen LogP contribution in [-0.2, 0) is 6.54 Å². The average Bonchev–Trinajstić information content (AvgIpc) is 2.75. The molecule has 2 N–H and O–H groups in total. The van der Waals surface area contributed by atoms with Gasteiger partial charge in [-0.25, -0.2) is 9.37 Å². The lowest BCUT2D eigenvalue weighted by Gasteiger charge is -2.28. The Hall–Kier alpha value is -3.15. The van der Waals surface area contributed by atoms with E-state index in [4.69, 9.17) is 0 Å². The molecule has 3 aromatic rings. The van der Waals surface area contributed by atoms with Crippen LogP contribution >= 0.6 is 0 Å². The van der Waals surface area contributed by atoms with Crippen LogP contribution in [0.25, 0.3) is 0 Å². The molecule has 2 heterocycles. The molecule has 1 aromatic heterocycles. The molecule has 0 radical (unpaired) electrons. The first-order valence-electron chi connectivity index (χ1n) is 9.70. The molecule has 1 saturated heterocycles. The van der Waals surface area contributed by atoms with Crippen molar-refractivity contribution in [1.29, 1.82) is 0 Å². The Labute approximate surface area is 164 Å². The van der Waals surface area contributed by atoms with E-state index in [2.05, 4.69) is 49.8 Å². The van der Waals surface area contributed by atoms with E-state index in [1.54, 1.807) is 18.3 Å². The van der Waals surface area contributed by atoms with E-state index < -0.39 is 0 Å². The fraction of sp³-hybridized carbons (Fsp3) is 0.273. The Bertz CT molecular complexity index is 890. The van der Waals surface area contributed by atoms with E-state index in [1.807, 2.05) is 6.07 Å². The molecule has 144 valence electrons. The van der Waals surface area contributed by atoms with E-state index in [-0.39, 0.29) is 5.82 Å². The molecule has 0 atom stereocenters. The second-order valence-electron chi connectivity index (χ2n) is 6.97. The minimum Gasteiger partial charge on any atom is -0.372 e. The fourth-order valence-electron chi connectivity index (χ4n) is 3.35. The lowest BCUT2D eigenvalue weighted by Crippen LogP contribution is -2.29. The molecule has 6 heteroatoms. The average molecular weight is 377 g/mol. The van der Waals surface area contributed by atoms with Gasteiger partial charge >= 0.3 is 0 Å². The molecule has 0 saturated carbocycles. The third kappa shape index (κ3) is 4.76. The van der Waals surface area contributed by atoms with Gasteiger partial charge < -0.3 is 15.5 Å². The van der Waals surface area contributed by atoms with E-state index in [1.165, 1.54) is 37.1 Å². The first kappa shape index (κ1) is 18.2. The maximum Gasteiger partial charge on any atom is 0.224 e. The summed E-state index contributed by atoms with van der Waals surface area (Å²) in [5, 5.41) is 6.49. The number of nitrogens with zero attached hydrogens (tertiary/aromatic N) is 3. The van der Waals surface area contributed by atoms with Crippen molar-refractivity contribution in [2.45, 2.75) is 25.8 Å². The van der Waals surface area contributed by atoms with Crippen molar-refractivity contribution < 1.29 is 4.39 Å². The van der Waals surface area contributed by atoms with Crippen molar-refractivity contribution in [3.05, 3.63) is 72.2 Å². The summed E-state index contributed by atoms with van der Waals surface area (Å²) in [6.07, 6.45) is 5.59. The Kier molecular flexibility index (Phi) is 5.66. The number of anilines is 4. The van der Waals surface area contributed by atoms with Gasteiger partial charge in [0.25, 0.3) is 0 Å². The van der Waals surface area contributed by atoms with Crippen LogP contribution in [-0.4, -0.2) is 23.1 Å². The summed E-state index contributed by atoms with van der Waals surface area (Å²) in [7, 11) is 0. The molecule has 0 unspecified atom stereocenters. The van der Waals surface area contributed by atoms with Gasteiger partial charge in [0.15, 0.2) is 0 Å². The molecule has 1 aliphatic rings. The number of hydrogen-bond acceptors (Lipinski definition) is 5. The molecule has 4 rings (SSSR count). The number of piperidine rings is 1. The van der Waals surface area contributed by atoms with Crippen molar-refractivity contribution in [3.63, 3.8) is 0 Å². The fourth-order valence-corrected chi connectivity index (χ4v) is 3.35. The third-order valence-corrected chi connectivity index (χ3v) is 4.88. The standard InChI is InChI=1S/C22H24FN5/c23-18-6-4-17(5-7-18)16-25-22-24-13-12-21(27-22)26-19-8-10-20(11-9-19)28-14-2-1-3-15-28/h4-13H,1-3,14-16H2,(H2,24,25,26,27). The van der Waals surface area contributed by atoms with Crippen molar-refractivity contribution in [3.8, 4) is 0 Å². The summed E-state index contributed by atoms with van der Waals surface area (Å²) in [6.45, 7) is 2.82. The highest BCUT2D eigenvalue weighted by Gasteiger charge is 2.10. The van der Waals surface area contributed by atoms with Gasteiger partial charge in [-0.15, -0.1) is 0 Å². The van der Waals surface area contributed by atoms with Crippen LogP contribution in [0.3, 0.4) is 0 Å². The summed E-state index contributed by atoms with van der Waals surface area (Å²) in [6, 6.07) is 16.7. The first-order chi connectivity index (χ1) is 13.8. The number of halogens is 1. The van der Waals surface area contributed by atoms with E-state index in [0.717, 1.165) is 30.2 Å². The van der Waals surface area contributed by atoms with Gasteiger partial charge in [0.2, 0.25) is 5.95 Å². The predicted molar refractivity (Wildman–Crippen MR) is 112 cm³/mol. The van der Waals surface area contributed by atoms with Gasteiger partial charge in [-0.05, 0) is 67.3 Å². The highest BCUT2D eigenvalue weighted by atomic mass is 19.1. The maximum atomic E-state index is 13.0. The molecule has 0 spiro atoms. The molecule has 1 aliphatic heterocycles. The molecule has 1 fully saturated rings. The van der Waals surface area contributed by atoms with Crippen LogP contribution in [0, 0.1) is 5.82 Å². The lowest BCUT2D eigenvalue weighted by atomic mass is 10.1. The Balaban J connectivity index is 1.36. The van der Waals surface area contributed by atoms with Crippen LogP contribution < -0.4 is 15.5 Å². The second kappa shape index (κ2) is 8.69. The Morgan fingerprint density at radius 2 is 1.64 bits per heavy atom. The van der Waals surface area contributed by atoms with E-state index in [9.17, 15) is 4.39 Å². The number of aromatic nitrogens is 2. The highest BCUT2D eigenvalue weighted by molar-refractivity contribution is 5.61. The minimum absolute atomic E-state index is 0.238. The van der Waals surface area contributed by atoms with Gasteiger partial charge in [0.1, 0.15) is 11.6 Å². The highest BCUT2D eigenvalue weighted by Crippen LogP contribution is 2.23. The van der Waals surface area contributed by atoms with Crippen LogP contribution in [0.2, 0.25) is 0 Å². The summed E-state index contributed by atoms with van der Waals surface area (Å²) < 4.78 is 13.0. The second-order valence-corrected chi connectivity index (χ2v) is 6.97. The molecule has 28 heavy (non-hydrogen) atoms. The van der Waals surface area contributed by atoms with Gasteiger partial charge in [-0.1, -0.05) is 12.1 Å². The van der Waals surface area contributed by atoms with Crippen LogP contribution in [0.5, 0.6) is 0 Å². The monoisotopic (exact) mass is 377 g/mol. The quantitative estimate of drug-likeness (QED) is 0.636. The van der Waals surface area contributed by atoms with E-state index in [0.29, 0.717) is 12.5 Å². The molecule has 0 amide bonds. The Morgan fingerprint density at radius 3 is 2.39 bits per heavy atom. The van der Waals surface area contributed by atoms with Crippen molar-refractivity contribution in [2.75, 3.05) is 28.6 Å². The van der Waals surface area contributed by atoms with Crippen LogP contribution in [0.15, 0.2) is 60.8 Å². The Morgan fingerprint density at radius 1 is 0.893 bits per heavy atom. The van der Waals surface area contributed by atoms with Crippen LogP contribution in [0.1, 0.15) is 24.8 Å². The maximum absolute atomic E-state index is 13.0. The zero-order valence-electron chi connectivity index (χ0n) is 15.7. The first-order valence-corrected chi connectivity index (χ1v) is 9.70. The SMILES string of the molecule is Fc1ccc(CNc2nccc(Nc3ccc(N4CCCCC4)cc3)n2)cc1. The largest absolute Gasteiger partial charge is 0.372 e. The number of benzene rings is 2. The summed E-state index contributed by atoms with van der Waals surface area (Å²) in [5.74, 6) is 1.01. The van der Waals surface area contributed by atoms with Crippen molar-refractivity contribution >= 4 is 23.1 Å². The van der Waals surface area contributed by atoms with Gasteiger partial charge in [-0.2, -0.15) is 4.98 Å². The van der Waals surface area contributed by atoms with Crippen LogP contribution in [0.4, 0.5) is 27.5 Å². The number of rotatable bonds is 6. The molecular weight excluding hydrogens is 353 g/mol. The van der Waals surface area contributed by atoms with Gasteiger partial charge in [-0.3, -0.25) is 0 Å². The molecule has 0 bridgehead atoms. The normalized spacial score (nSPS) is 14.0. The summed E-state index contributed by atoms with van der Waals surface area (Å²) in [4.78, 5) is 11.2. The lowest BCUT2D eigenvalue weighted by molar-refractivity contribution is 0.578. The summed E-state index contributed by atoms with van der Waals surface area (Å²) >= 11 is 0. The smallest absolute Gasteiger partial charge is 0.224 e. The number of nitrogens with one attached hydrogen (secondary N) is 2. The topological polar surface area (TPSA) is 53.1 Å². The van der Waals surface area contributed by atoms with Crippen molar-refractivity contribution in [1.82, 2.24) is 9.97 Å². The van der Waals surface area contributed by atoms with Gasteiger partial charge in [0, 0.05) is 37.2 Å². The zero-order chi connectivity index (χ0) is 19.2. The molecule has 0 aliphatic carbocycles. The minimum atomic E-state index is -0.238. The van der Waals surface area contributed by atoms with Crippen molar-refractivity contribution in [2.24, 2.45) is 0 Å². The zero-order valence-corrected chi connectivity index (χ0v) is 15.7. The molecule has 2 aromatic carbocycles. The summed E-state index contributed by atoms with van der Waals surface area (Å²) in [5.41, 5.74) is 3.23. The molecule has 5 nitrogen and oxygen atoms in total. The number of hydrogen-bond donors (Lipinski definition) is 2. The third-order valence-electron chi connectivity index (χ3n) is 4.88. The van der Waals surface area contributed by atoms with Gasteiger partial charge in [0.05, 0.1) is 0 Å². The molecular formula is C22H24FN5.